The van der Waals surface area contributed by atoms with Crippen molar-refractivity contribution in [1.29, 1.82) is 0 Å². The summed E-state index contributed by atoms with van der Waals surface area (Å²) in [4.78, 5) is 2.30. The molecule has 2 heterocycles. The molecule has 72 valence electrons. The summed E-state index contributed by atoms with van der Waals surface area (Å²) < 4.78 is 5.03. The third-order valence-corrected chi connectivity index (χ3v) is 2.25. The van der Waals surface area contributed by atoms with Crippen molar-refractivity contribution in [1.82, 2.24) is 15.4 Å². The summed E-state index contributed by atoms with van der Waals surface area (Å²) in [5.74, 6) is 0.780. The lowest BCUT2D eigenvalue weighted by Gasteiger charge is -2.25. The second-order valence-electron chi connectivity index (χ2n) is 3.23. The number of piperazine rings is 1. The van der Waals surface area contributed by atoms with E-state index in [0.29, 0.717) is 5.69 Å². The zero-order valence-electron chi connectivity index (χ0n) is 7.49. The van der Waals surface area contributed by atoms with Gasteiger partial charge in [0.05, 0.1) is 18.4 Å². The Kier molecular flexibility index (Phi) is 2.47. The SMILES string of the molecule is Nc1cnoc1CN1CCNCC1. The summed E-state index contributed by atoms with van der Waals surface area (Å²) >= 11 is 0. The van der Waals surface area contributed by atoms with Gasteiger partial charge in [-0.25, -0.2) is 0 Å². The minimum atomic E-state index is 0.651. The molecule has 0 unspecified atom stereocenters. The predicted octanol–water partition coefficient (Wildman–Crippen LogP) is -0.338. The maximum Gasteiger partial charge on any atom is 0.173 e. The fraction of sp³-hybridized carbons (Fsp3) is 0.625. The molecule has 0 bridgehead atoms. The van der Waals surface area contributed by atoms with E-state index in [1.807, 2.05) is 0 Å². The first-order valence-corrected chi connectivity index (χ1v) is 4.48. The van der Waals surface area contributed by atoms with Gasteiger partial charge in [-0.1, -0.05) is 5.16 Å². The molecule has 1 saturated heterocycles. The van der Waals surface area contributed by atoms with Crippen LogP contribution in [0.5, 0.6) is 0 Å². The zero-order valence-corrected chi connectivity index (χ0v) is 7.49. The number of hydrogen-bond acceptors (Lipinski definition) is 5. The standard InChI is InChI=1S/C8H14N4O/c9-7-5-11-13-8(7)6-12-3-1-10-2-4-12/h5,10H,1-4,6,9H2. The van der Waals surface area contributed by atoms with Gasteiger partial charge in [-0.15, -0.1) is 0 Å². The van der Waals surface area contributed by atoms with E-state index in [9.17, 15) is 0 Å². The smallest absolute Gasteiger partial charge is 0.173 e. The van der Waals surface area contributed by atoms with Crippen LogP contribution in [-0.4, -0.2) is 36.2 Å². The average molecular weight is 182 g/mol. The Morgan fingerprint density at radius 2 is 2.31 bits per heavy atom. The number of nitrogen functional groups attached to an aromatic ring is 1. The molecule has 1 aliphatic heterocycles. The Hall–Kier alpha value is -1.07. The maximum absolute atomic E-state index is 5.66. The van der Waals surface area contributed by atoms with Crippen molar-refractivity contribution in [2.75, 3.05) is 31.9 Å². The van der Waals surface area contributed by atoms with Crippen molar-refractivity contribution < 1.29 is 4.52 Å². The molecule has 0 aromatic carbocycles. The lowest BCUT2D eigenvalue weighted by Crippen LogP contribution is -2.42. The first-order valence-electron chi connectivity index (χ1n) is 4.48. The third kappa shape index (κ3) is 1.99. The molecule has 13 heavy (non-hydrogen) atoms. The average Bonchev–Trinajstić information content (AvgIpc) is 2.54. The van der Waals surface area contributed by atoms with Gasteiger partial charge in [-0.2, -0.15) is 0 Å². The topological polar surface area (TPSA) is 67.3 Å². The molecule has 1 aromatic heterocycles. The van der Waals surface area contributed by atoms with Gasteiger partial charge in [-0.3, -0.25) is 4.90 Å². The molecule has 5 nitrogen and oxygen atoms in total. The second kappa shape index (κ2) is 3.76. The van der Waals surface area contributed by atoms with Gasteiger partial charge in [0.25, 0.3) is 0 Å². The van der Waals surface area contributed by atoms with Gasteiger partial charge in [0.1, 0.15) is 0 Å². The number of nitrogens with zero attached hydrogens (tertiary/aromatic N) is 2. The van der Waals surface area contributed by atoms with Gasteiger partial charge >= 0.3 is 0 Å². The van der Waals surface area contributed by atoms with E-state index in [0.717, 1.165) is 38.5 Å². The molecule has 0 atom stereocenters. The molecule has 0 aliphatic carbocycles. The van der Waals surface area contributed by atoms with Crippen molar-refractivity contribution in [3.05, 3.63) is 12.0 Å². The van der Waals surface area contributed by atoms with Crippen LogP contribution in [0.25, 0.3) is 0 Å². The van der Waals surface area contributed by atoms with Crippen LogP contribution in [0.15, 0.2) is 10.7 Å². The van der Waals surface area contributed by atoms with E-state index in [4.69, 9.17) is 10.3 Å². The molecule has 3 N–H and O–H groups in total. The van der Waals surface area contributed by atoms with E-state index in [2.05, 4.69) is 15.4 Å². The number of anilines is 1. The number of aromatic nitrogens is 1. The van der Waals surface area contributed by atoms with Crippen molar-refractivity contribution in [3.63, 3.8) is 0 Å². The second-order valence-corrected chi connectivity index (χ2v) is 3.23. The summed E-state index contributed by atoms with van der Waals surface area (Å²) in [6.45, 7) is 4.93. The minimum absolute atomic E-state index is 0.651. The summed E-state index contributed by atoms with van der Waals surface area (Å²) in [7, 11) is 0. The van der Waals surface area contributed by atoms with Crippen LogP contribution in [-0.2, 0) is 6.54 Å². The Balaban J connectivity index is 1.93. The van der Waals surface area contributed by atoms with Crippen LogP contribution >= 0.6 is 0 Å². The van der Waals surface area contributed by atoms with Gasteiger partial charge in [0.15, 0.2) is 5.76 Å². The van der Waals surface area contributed by atoms with Crippen LogP contribution < -0.4 is 11.1 Å². The van der Waals surface area contributed by atoms with E-state index >= 15 is 0 Å². The largest absolute Gasteiger partial charge is 0.395 e. The Morgan fingerprint density at radius 3 is 2.92 bits per heavy atom. The molecule has 0 radical (unpaired) electrons. The van der Waals surface area contributed by atoms with E-state index < -0.39 is 0 Å². The third-order valence-electron chi connectivity index (χ3n) is 2.25. The molecule has 0 amide bonds. The highest BCUT2D eigenvalue weighted by Crippen LogP contribution is 2.12. The Labute approximate surface area is 76.9 Å². The lowest BCUT2D eigenvalue weighted by molar-refractivity contribution is 0.208. The highest BCUT2D eigenvalue weighted by Gasteiger charge is 2.13. The molecule has 5 heteroatoms. The van der Waals surface area contributed by atoms with Crippen LogP contribution in [0, 0.1) is 0 Å². The van der Waals surface area contributed by atoms with Gasteiger partial charge in [-0.05, 0) is 0 Å². The van der Waals surface area contributed by atoms with Crippen LogP contribution in [0.1, 0.15) is 5.76 Å². The zero-order chi connectivity index (χ0) is 9.10. The lowest BCUT2D eigenvalue weighted by atomic mass is 10.3. The van der Waals surface area contributed by atoms with Crippen molar-refractivity contribution >= 4 is 5.69 Å². The Bertz CT molecular complexity index is 267. The van der Waals surface area contributed by atoms with Crippen molar-refractivity contribution in [2.24, 2.45) is 0 Å². The maximum atomic E-state index is 5.66. The van der Waals surface area contributed by atoms with Crippen molar-refractivity contribution in [2.45, 2.75) is 6.54 Å². The van der Waals surface area contributed by atoms with Crippen LogP contribution in [0.2, 0.25) is 0 Å². The summed E-state index contributed by atoms with van der Waals surface area (Å²) in [5.41, 5.74) is 6.31. The van der Waals surface area contributed by atoms with Crippen molar-refractivity contribution in [3.8, 4) is 0 Å². The van der Waals surface area contributed by atoms with Gasteiger partial charge in [0, 0.05) is 26.2 Å². The van der Waals surface area contributed by atoms with Crippen LogP contribution in [0.4, 0.5) is 5.69 Å². The number of nitrogens with two attached hydrogens (primary N) is 1. The Morgan fingerprint density at radius 1 is 1.54 bits per heavy atom. The minimum Gasteiger partial charge on any atom is -0.395 e. The van der Waals surface area contributed by atoms with E-state index in [1.165, 1.54) is 0 Å². The molecule has 1 fully saturated rings. The van der Waals surface area contributed by atoms with Gasteiger partial charge < -0.3 is 15.6 Å². The highest BCUT2D eigenvalue weighted by atomic mass is 16.5. The highest BCUT2D eigenvalue weighted by molar-refractivity contribution is 5.37. The molecule has 0 saturated carbocycles. The fourth-order valence-electron chi connectivity index (χ4n) is 1.46. The van der Waals surface area contributed by atoms with Gasteiger partial charge in [0.2, 0.25) is 0 Å². The summed E-state index contributed by atoms with van der Waals surface area (Å²) in [6, 6.07) is 0. The van der Waals surface area contributed by atoms with E-state index in [-0.39, 0.29) is 0 Å². The van der Waals surface area contributed by atoms with Crippen LogP contribution in [0.3, 0.4) is 0 Å². The quantitative estimate of drug-likeness (QED) is 0.655. The molecule has 1 aliphatic rings. The fourth-order valence-corrected chi connectivity index (χ4v) is 1.46. The molecule has 1 aromatic rings. The first-order chi connectivity index (χ1) is 6.36. The molecule has 0 spiro atoms. The molecular formula is C8H14N4O. The number of nitrogens with one attached hydrogen (secondary N) is 1. The molecular weight excluding hydrogens is 168 g/mol. The van der Waals surface area contributed by atoms with E-state index in [1.54, 1.807) is 6.20 Å². The summed E-state index contributed by atoms with van der Waals surface area (Å²) in [5, 5.41) is 6.93. The monoisotopic (exact) mass is 182 g/mol. The number of rotatable bonds is 2. The number of hydrogen-bond donors (Lipinski definition) is 2. The predicted molar refractivity (Wildman–Crippen MR) is 49.1 cm³/mol. The molecule has 2 rings (SSSR count). The first kappa shape index (κ1) is 8.52. The summed E-state index contributed by atoms with van der Waals surface area (Å²) in [6.07, 6.45) is 1.55. The normalized spacial score (nSPS) is 19.1.